The number of nitrogens with zero attached hydrogens (tertiary/aromatic N) is 1. The first-order valence-electron chi connectivity index (χ1n) is 35.6. The van der Waals surface area contributed by atoms with Crippen molar-refractivity contribution in [3.8, 4) is 0 Å². The second-order valence-corrected chi connectivity index (χ2v) is 24.4. The van der Waals surface area contributed by atoms with Crippen molar-refractivity contribution in [3.63, 3.8) is 0 Å². The molecule has 0 aromatic rings. The van der Waals surface area contributed by atoms with Crippen LogP contribution < -0.4 is 0 Å². The fraction of sp³-hybridized carbons (Fsp3) is 0.637. The zero-order valence-corrected chi connectivity index (χ0v) is 57.5. The first-order chi connectivity index (χ1) is 43.6. The minimum Gasteiger partial charge on any atom is -0.477 e. The van der Waals surface area contributed by atoms with Crippen molar-refractivity contribution in [2.75, 3.05) is 47.5 Å². The van der Waals surface area contributed by atoms with Crippen molar-refractivity contribution in [1.82, 2.24) is 0 Å². The molecule has 0 rings (SSSR count). The molecule has 0 heterocycles. The minimum absolute atomic E-state index is 0.170. The molecule has 0 bridgehead atoms. The SMILES string of the molecule is CC/C=C\C/C=C\C/C=C\C/C=C\C/C=C\C/C=C\C/C=C\CCCC(=O)OC(COC(=O)CCCCCCCCCCCCCCCCCCCCCCCC/C=C\C/C=C\C/C=C\C/C=C\C/C=C\C/C=C\CC)COC(OCC[N+](C)(C)C)C(=O)O. The molecule has 504 valence electrons. The quantitative estimate of drug-likeness (QED) is 0.0211. The van der Waals surface area contributed by atoms with Crippen LogP contribution in [0.15, 0.2) is 158 Å². The van der Waals surface area contributed by atoms with Gasteiger partial charge in [0.25, 0.3) is 6.29 Å². The molecular formula is C80H132NO8+. The number of unbranched alkanes of at least 4 members (excludes halogenated alkanes) is 23. The van der Waals surface area contributed by atoms with Crippen LogP contribution in [0, 0.1) is 0 Å². The van der Waals surface area contributed by atoms with E-state index >= 15 is 0 Å². The lowest BCUT2D eigenvalue weighted by molar-refractivity contribution is -0.870. The summed E-state index contributed by atoms with van der Waals surface area (Å²) < 4.78 is 22.9. The van der Waals surface area contributed by atoms with Crippen LogP contribution in [-0.4, -0.2) is 87.4 Å². The van der Waals surface area contributed by atoms with E-state index in [1.165, 1.54) is 128 Å². The van der Waals surface area contributed by atoms with Gasteiger partial charge in [-0.15, -0.1) is 0 Å². The molecule has 2 unspecified atom stereocenters. The standard InChI is InChI=1S/C80H131NO8/c1-6-8-10-12-14-16-18-20-22-24-26-28-30-31-32-33-34-35-36-37-38-39-40-41-42-43-44-45-46-47-49-50-52-54-56-58-60-62-64-66-68-70-77(82)87-74-76(75-88-80(79(84)85)86-73-72-81(3,4)5)89-78(83)71-69-67-65-63-61-59-57-55-53-51-48-29-27-25-23-21-19-17-15-13-11-9-7-2/h8-11,14-17,20-23,26-29,31-32,34-35,51,53,57,59,63,65,76,80H,6-7,12-13,18-19,24-25,30,33,36-50,52,54-56,58,60-62,64,66-75H2,1-5H3/p+1/b10-8-,11-9-,16-14-,17-15-,22-20-,23-21-,28-26-,29-27-,32-31-,35-34-,53-51-,59-57-,65-63-. The van der Waals surface area contributed by atoms with Gasteiger partial charge in [-0.3, -0.25) is 9.59 Å². The number of ether oxygens (including phenoxy) is 4. The van der Waals surface area contributed by atoms with Crippen molar-refractivity contribution >= 4 is 17.9 Å². The maximum absolute atomic E-state index is 12.9. The molecule has 9 nitrogen and oxygen atoms in total. The third-order valence-electron chi connectivity index (χ3n) is 14.8. The topological polar surface area (TPSA) is 108 Å². The summed E-state index contributed by atoms with van der Waals surface area (Å²) in [4.78, 5) is 37.6. The summed E-state index contributed by atoms with van der Waals surface area (Å²) in [6.07, 6.45) is 99.5. The highest BCUT2D eigenvalue weighted by Gasteiger charge is 2.25. The first kappa shape index (κ1) is 83.9. The van der Waals surface area contributed by atoms with E-state index in [1.807, 2.05) is 21.1 Å². The molecule has 1 N–H and O–H groups in total. The zero-order valence-electron chi connectivity index (χ0n) is 57.5. The maximum atomic E-state index is 12.9. The molecule has 89 heavy (non-hydrogen) atoms. The van der Waals surface area contributed by atoms with Crippen LogP contribution in [0.5, 0.6) is 0 Å². The molecular weight excluding hydrogens is 1100 g/mol. The summed E-state index contributed by atoms with van der Waals surface area (Å²) in [5, 5.41) is 9.74. The van der Waals surface area contributed by atoms with Crippen LogP contribution in [0.4, 0.5) is 0 Å². The number of esters is 2. The van der Waals surface area contributed by atoms with E-state index in [0.717, 1.165) is 103 Å². The molecule has 0 aliphatic heterocycles. The largest absolute Gasteiger partial charge is 0.477 e. The van der Waals surface area contributed by atoms with E-state index in [1.54, 1.807) is 0 Å². The summed E-state index contributed by atoms with van der Waals surface area (Å²) in [6.45, 7) is 4.58. The van der Waals surface area contributed by atoms with E-state index in [-0.39, 0.29) is 38.6 Å². The van der Waals surface area contributed by atoms with Crippen LogP contribution in [0.25, 0.3) is 0 Å². The van der Waals surface area contributed by atoms with Crippen molar-refractivity contribution < 1.29 is 42.9 Å². The number of hydrogen-bond donors (Lipinski definition) is 1. The monoisotopic (exact) mass is 1230 g/mol. The Balaban J connectivity index is 4.09. The Bertz CT molecular complexity index is 2020. The van der Waals surface area contributed by atoms with E-state index in [2.05, 4.69) is 172 Å². The van der Waals surface area contributed by atoms with Crippen LogP contribution in [0.2, 0.25) is 0 Å². The van der Waals surface area contributed by atoms with E-state index in [0.29, 0.717) is 23.9 Å². The number of quaternary nitrogens is 1. The van der Waals surface area contributed by atoms with Gasteiger partial charge >= 0.3 is 17.9 Å². The van der Waals surface area contributed by atoms with E-state index in [9.17, 15) is 19.5 Å². The molecule has 0 aromatic heterocycles. The van der Waals surface area contributed by atoms with Crippen LogP contribution >= 0.6 is 0 Å². The fourth-order valence-corrected chi connectivity index (χ4v) is 9.42. The Labute approximate surface area is 546 Å². The van der Waals surface area contributed by atoms with E-state index < -0.39 is 24.3 Å². The number of carboxylic acids is 1. The molecule has 0 saturated heterocycles. The number of rotatable bonds is 64. The molecule has 9 heteroatoms. The number of allylic oxidation sites excluding steroid dienone is 26. The summed E-state index contributed by atoms with van der Waals surface area (Å²) in [5.74, 6) is -2.09. The third kappa shape index (κ3) is 70.2. The highest BCUT2D eigenvalue weighted by Crippen LogP contribution is 2.17. The number of carbonyl (C=O) groups is 3. The predicted molar refractivity (Wildman–Crippen MR) is 382 cm³/mol. The second-order valence-electron chi connectivity index (χ2n) is 24.4. The summed E-state index contributed by atoms with van der Waals surface area (Å²) in [7, 11) is 5.95. The van der Waals surface area contributed by atoms with Gasteiger partial charge in [0.1, 0.15) is 13.2 Å². The van der Waals surface area contributed by atoms with E-state index in [4.69, 9.17) is 18.9 Å². The Morgan fingerprint density at radius 2 is 0.618 bits per heavy atom. The number of aliphatic carboxylic acids is 1. The van der Waals surface area contributed by atoms with Gasteiger partial charge in [-0.2, -0.15) is 0 Å². The molecule has 0 amide bonds. The van der Waals surface area contributed by atoms with Gasteiger partial charge in [-0.25, -0.2) is 4.79 Å². The van der Waals surface area contributed by atoms with Gasteiger partial charge in [-0.1, -0.05) is 300 Å². The van der Waals surface area contributed by atoms with Crippen molar-refractivity contribution in [2.45, 2.75) is 283 Å². The third-order valence-corrected chi connectivity index (χ3v) is 14.8. The Kier molecular flexibility index (Phi) is 64.9. The average Bonchev–Trinajstić information content (AvgIpc) is 3.64. The number of hydrogen-bond acceptors (Lipinski definition) is 7. The van der Waals surface area contributed by atoms with Gasteiger partial charge in [0.2, 0.25) is 0 Å². The van der Waals surface area contributed by atoms with Crippen molar-refractivity contribution in [2.24, 2.45) is 0 Å². The maximum Gasteiger partial charge on any atom is 0.361 e. The normalized spacial score (nSPS) is 13.7. The molecule has 0 saturated carbocycles. The van der Waals surface area contributed by atoms with Gasteiger partial charge < -0.3 is 28.5 Å². The lowest BCUT2D eigenvalue weighted by Crippen LogP contribution is -2.40. The summed E-state index contributed by atoms with van der Waals surface area (Å²) >= 11 is 0. The van der Waals surface area contributed by atoms with Crippen molar-refractivity contribution in [1.29, 1.82) is 0 Å². The highest BCUT2D eigenvalue weighted by molar-refractivity contribution is 5.71. The Hall–Kier alpha value is -5.09. The minimum atomic E-state index is -1.53. The Morgan fingerprint density at radius 1 is 0.337 bits per heavy atom. The highest BCUT2D eigenvalue weighted by atomic mass is 16.7. The first-order valence-corrected chi connectivity index (χ1v) is 35.6. The number of carbonyl (C=O) groups excluding carboxylic acids is 2. The average molecular weight is 1240 g/mol. The van der Waals surface area contributed by atoms with Crippen LogP contribution in [0.1, 0.15) is 271 Å². The molecule has 2 atom stereocenters. The van der Waals surface area contributed by atoms with Gasteiger partial charge in [-0.05, 0) is 116 Å². The fourth-order valence-electron chi connectivity index (χ4n) is 9.42. The molecule has 0 fully saturated rings. The summed E-state index contributed by atoms with van der Waals surface area (Å²) in [5.41, 5.74) is 0. The molecule has 0 aromatic carbocycles. The van der Waals surface area contributed by atoms with Crippen molar-refractivity contribution in [3.05, 3.63) is 158 Å². The van der Waals surface area contributed by atoms with Gasteiger partial charge in [0.15, 0.2) is 6.10 Å². The van der Waals surface area contributed by atoms with Gasteiger partial charge in [0, 0.05) is 12.8 Å². The van der Waals surface area contributed by atoms with Crippen LogP contribution in [-0.2, 0) is 33.3 Å². The molecule has 0 aliphatic rings. The molecule has 0 aliphatic carbocycles. The molecule has 0 spiro atoms. The second kappa shape index (κ2) is 68.8. The lowest BCUT2D eigenvalue weighted by Gasteiger charge is -2.25. The number of likely N-dealkylation sites (N-methyl/N-ethyl adjacent to an activating group) is 1. The molecule has 0 radical (unpaired) electrons. The number of carboxylic acid groups (broad SMARTS) is 1. The zero-order chi connectivity index (χ0) is 64.7. The Morgan fingerprint density at radius 3 is 0.933 bits per heavy atom. The lowest BCUT2D eigenvalue weighted by atomic mass is 10.0. The predicted octanol–water partition coefficient (Wildman–Crippen LogP) is 22.5. The van der Waals surface area contributed by atoms with Gasteiger partial charge in [0.05, 0.1) is 34.4 Å². The summed E-state index contributed by atoms with van der Waals surface area (Å²) in [6, 6.07) is 0. The smallest absolute Gasteiger partial charge is 0.361 e. The van der Waals surface area contributed by atoms with Crippen LogP contribution in [0.3, 0.4) is 0 Å².